The van der Waals surface area contributed by atoms with Gasteiger partial charge in [-0.1, -0.05) is 6.92 Å². The molecule has 8 heavy (non-hydrogen) atoms. The molecule has 0 spiro atoms. The average molecular weight is 116 g/mol. The summed E-state index contributed by atoms with van der Waals surface area (Å²) in [6, 6.07) is 0. The summed E-state index contributed by atoms with van der Waals surface area (Å²) in [5, 5.41) is 0. The summed E-state index contributed by atoms with van der Waals surface area (Å²) in [5.41, 5.74) is 0. The van der Waals surface area contributed by atoms with Gasteiger partial charge in [-0.3, -0.25) is 0 Å². The van der Waals surface area contributed by atoms with Gasteiger partial charge in [0.1, 0.15) is 6.61 Å². The Balaban J connectivity index is 2.01. The molecule has 0 amide bonds. The predicted molar refractivity (Wildman–Crippen MR) is 30.6 cm³/mol. The van der Waals surface area contributed by atoms with Gasteiger partial charge in [0.2, 0.25) is 0 Å². The third-order valence-corrected chi connectivity index (χ3v) is 1.16. The first-order chi connectivity index (χ1) is 3.77. The maximum atomic E-state index is 5.27. The van der Waals surface area contributed by atoms with Crippen LogP contribution in [0.5, 0.6) is 0 Å². The summed E-state index contributed by atoms with van der Waals surface area (Å²) in [6.45, 7) is 5.64. The fourth-order valence-electron chi connectivity index (χ4n) is 0.503. The Morgan fingerprint density at radius 3 is 2.75 bits per heavy atom. The maximum absolute atomic E-state index is 5.27. The second-order valence-electron chi connectivity index (χ2n) is 2.27. The molecule has 1 aliphatic heterocycles. The van der Waals surface area contributed by atoms with Gasteiger partial charge < -0.3 is 9.47 Å². The minimum atomic E-state index is -0.198. The molecule has 1 heterocycles. The second kappa shape index (κ2) is 2.03. The zero-order chi connectivity index (χ0) is 6.04. The van der Waals surface area contributed by atoms with E-state index in [4.69, 9.17) is 9.47 Å². The van der Waals surface area contributed by atoms with E-state index >= 15 is 0 Å². The van der Waals surface area contributed by atoms with E-state index in [0.717, 1.165) is 19.6 Å². The number of hydrogen-bond donors (Lipinski definition) is 0. The van der Waals surface area contributed by atoms with Crippen molar-refractivity contribution in [1.29, 1.82) is 0 Å². The first-order valence-electron chi connectivity index (χ1n) is 3.05. The molecule has 0 aromatic carbocycles. The maximum Gasteiger partial charge on any atom is 0.189 e. The molecular formula is C6H12O2. The molecule has 48 valence electrons. The molecule has 0 aromatic heterocycles. The lowest BCUT2D eigenvalue weighted by Crippen LogP contribution is -2.10. The Kier molecular flexibility index (Phi) is 1.54. The van der Waals surface area contributed by atoms with Gasteiger partial charge in [-0.15, -0.1) is 0 Å². The Morgan fingerprint density at radius 2 is 2.38 bits per heavy atom. The van der Waals surface area contributed by atoms with Crippen LogP contribution in [-0.2, 0) is 9.47 Å². The fraction of sp³-hybridized carbons (Fsp3) is 1.00. The first kappa shape index (κ1) is 6.05. The van der Waals surface area contributed by atoms with E-state index in [1.807, 2.05) is 6.92 Å². The largest absolute Gasteiger partial charge is 0.348 e. The smallest absolute Gasteiger partial charge is 0.189 e. The van der Waals surface area contributed by atoms with Gasteiger partial charge >= 0.3 is 0 Å². The van der Waals surface area contributed by atoms with Crippen LogP contribution in [0.1, 0.15) is 20.3 Å². The minimum Gasteiger partial charge on any atom is -0.348 e. The Morgan fingerprint density at radius 1 is 1.75 bits per heavy atom. The molecule has 0 N–H and O–H groups in total. The number of ether oxygens (including phenoxy) is 2. The van der Waals surface area contributed by atoms with Gasteiger partial charge in [-0.25, -0.2) is 0 Å². The van der Waals surface area contributed by atoms with Crippen LogP contribution in [0.15, 0.2) is 0 Å². The third-order valence-electron chi connectivity index (χ3n) is 1.16. The van der Waals surface area contributed by atoms with Crippen LogP contribution in [0, 0.1) is 0 Å². The van der Waals surface area contributed by atoms with E-state index in [0.29, 0.717) is 0 Å². The van der Waals surface area contributed by atoms with Crippen molar-refractivity contribution in [3.8, 4) is 0 Å². The van der Waals surface area contributed by atoms with Crippen molar-refractivity contribution < 1.29 is 9.47 Å². The molecule has 1 unspecified atom stereocenters. The van der Waals surface area contributed by atoms with E-state index in [-0.39, 0.29) is 5.79 Å². The summed E-state index contributed by atoms with van der Waals surface area (Å²) in [5.74, 6) is -0.198. The summed E-state index contributed by atoms with van der Waals surface area (Å²) < 4.78 is 10.2. The van der Waals surface area contributed by atoms with Crippen LogP contribution in [0.4, 0.5) is 0 Å². The van der Waals surface area contributed by atoms with Gasteiger partial charge in [-0.2, -0.15) is 0 Å². The minimum absolute atomic E-state index is 0.198. The van der Waals surface area contributed by atoms with Crippen molar-refractivity contribution >= 4 is 0 Å². The highest BCUT2D eigenvalue weighted by atomic mass is 16.8. The second-order valence-corrected chi connectivity index (χ2v) is 2.27. The lowest BCUT2D eigenvalue weighted by molar-refractivity contribution is -0.0290. The highest BCUT2D eigenvalue weighted by Crippen LogP contribution is 2.26. The monoisotopic (exact) mass is 116 g/mol. The van der Waals surface area contributed by atoms with Gasteiger partial charge in [0.05, 0.1) is 0 Å². The molecule has 0 bridgehead atoms. The van der Waals surface area contributed by atoms with Gasteiger partial charge in [-0.05, 0) is 13.3 Å². The van der Waals surface area contributed by atoms with E-state index in [2.05, 4.69) is 6.92 Å². The Bertz CT molecular complexity index is 76.6. The predicted octanol–water partition coefficient (Wildman–Crippen LogP) is 1.16. The molecule has 0 radical (unpaired) electrons. The van der Waals surface area contributed by atoms with Crippen molar-refractivity contribution in [1.82, 2.24) is 0 Å². The van der Waals surface area contributed by atoms with E-state index in [1.54, 1.807) is 0 Å². The number of rotatable bonds is 3. The zero-order valence-electron chi connectivity index (χ0n) is 5.44. The number of epoxide rings is 1. The van der Waals surface area contributed by atoms with E-state index < -0.39 is 0 Å². The summed E-state index contributed by atoms with van der Waals surface area (Å²) in [4.78, 5) is 0. The lowest BCUT2D eigenvalue weighted by atomic mass is 10.4. The van der Waals surface area contributed by atoms with Crippen molar-refractivity contribution in [3.63, 3.8) is 0 Å². The van der Waals surface area contributed by atoms with Crippen LogP contribution >= 0.6 is 0 Å². The lowest BCUT2D eigenvalue weighted by Gasteiger charge is -2.03. The van der Waals surface area contributed by atoms with Crippen molar-refractivity contribution in [2.45, 2.75) is 26.1 Å². The molecule has 2 heteroatoms. The SMILES string of the molecule is CCCOC1(C)CO1. The summed E-state index contributed by atoms with van der Waals surface area (Å²) in [7, 11) is 0. The molecule has 0 aromatic rings. The summed E-state index contributed by atoms with van der Waals surface area (Å²) in [6.07, 6.45) is 1.07. The van der Waals surface area contributed by atoms with Crippen LogP contribution in [0.3, 0.4) is 0 Å². The van der Waals surface area contributed by atoms with Crippen molar-refractivity contribution in [2.75, 3.05) is 13.2 Å². The molecule has 1 saturated heterocycles. The topological polar surface area (TPSA) is 21.8 Å². The zero-order valence-corrected chi connectivity index (χ0v) is 5.44. The molecule has 1 atom stereocenters. The van der Waals surface area contributed by atoms with E-state index in [9.17, 15) is 0 Å². The highest BCUT2D eigenvalue weighted by Gasteiger charge is 2.40. The van der Waals surface area contributed by atoms with Crippen molar-refractivity contribution in [3.05, 3.63) is 0 Å². The van der Waals surface area contributed by atoms with Gasteiger partial charge in [0.25, 0.3) is 0 Å². The molecule has 1 aliphatic rings. The molecule has 0 aliphatic carbocycles. The number of hydrogen-bond acceptors (Lipinski definition) is 2. The standard InChI is InChI=1S/C6H12O2/c1-3-4-7-6(2)5-8-6/h3-5H2,1-2H3. The van der Waals surface area contributed by atoms with Crippen LogP contribution in [0.2, 0.25) is 0 Å². The van der Waals surface area contributed by atoms with Gasteiger partial charge in [0.15, 0.2) is 5.79 Å². The highest BCUT2D eigenvalue weighted by molar-refractivity contribution is 4.74. The third kappa shape index (κ3) is 1.46. The fourth-order valence-corrected chi connectivity index (χ4v) is 0.503. The van der Waals surface area contributed by atoms with Crippen LogP contribution < -0.4 is 0 Å². The Labute approximate surface area is 49.8 Å². The van der Waals surface area contributed by atoms with E-state index in [1.165, 1.54) is 0 Å². The molecular weight excluding hydrogens is 104 g/mol. The normalized spacial score (nSPS) is 35.2. The Hall–Kier alpha value is -0.0800. The quantitative estimate of drug-likeness (QED) is 0.516. The van der Waals surface area contributed by atoms with Crippen LogP contribution in [-0.4, -0.2) is 19.0 Å². The average Bonchev–Trinajstić information content (AvgIpc) is 2.45. The molecule has 0 saturated carbocycles. The first-order valence-corrected chi connectivity index (χ1v) is 3.05. The molecule has 1 rings (SSSR count). The van der Waals surface area contributed by atoms with Gasteiger partial charge in [0, 0.05) is 6.61 Å². The molecule has 2 nitrogen and oxygen atoms in total. The summed E-state index contributed by atoms with van der Waals surface area (Å²) >= 11 is 0. The van der Waals surface area contributed by atoms with Crippen molar-refractivity contribution in [2.24, 2.45) is 0 Å². The van der Waals surface area contributed by atoms with Crippen LogP contribution in [0.25, 0.3) is 0 Å². The molecule has 1 fully saturated rings.